The highest BCUT2D eigenvalue weighted by molar-refractivity contribution is 7.16. The van der Waals surface area contributed by atoms with Crippen LogP contribution in [0.15, 0.2) is 0 Å². The van der Waals surface area contributed by atoms with Crippen LogP contribution in [0.4, 0.5) is 0 Å². The predicted molar refractivity (Wildman–Crippen MR) is 35.5 cm³/mol. The van der Waals surface area contributed by atoms with E-state index in [2.05, 4.69) is 16.2 Å². The fraction of sp³-hybridized carbons (Fsp3) is 1.00. The lowest BCUT2D eigenvalue weighted by Crippen LogP contribution is -1.70. The molecule has 0 rings (SSSR count). The first-order valence-corrected chi connectivity index (χ1v) is 3.71. The van der Waals surface area contributed by atoms with E-state index >= 15 is 0 Å². The van der Waals surface area contributed by atoms with Crippen LogP contribution in [0, 0.1) is 0 Å². The van der Waals surface area contributed by atoms with Crippen LogP contribution < -0.4 is 0 Å². The second kappa shape index (κ2) is 5.43. The van der Waals surface area contributed by atoms with Gasteiger partial charge in [-0.25, -0.2) is 0 Å². The molecule has 0 aliphatic carbocycles. The lowest BCUT2D eigenvalue weighted by molar-refractivity contribution is 0.779. The standard InChI is InChI=1S/C5H13P/c1-2-3-4-5-6/h2-6H2,1H3/p+1. The third-order valence-electron chi connectivity index (χ3n) is 0.854. The highest BCUT2D eigenvalue weighted by Gasteiger charge is 1.78. The second-order valence-electron chi connectivity index (χ2n) is 1.56. The lowest BCUT2D eigenvalue weighted by atomic mass is 10.3. The number of rotatable bonds is 3. The smallest absolute Gasteiger partial charge is 0.0526 e. The van der Waals surface area contributed by atoms with Crippen LogP contribution in [-0.4, -0.2) is 6.16 Å². The van der Waals surface area contributed by atoms with Crippen LogP contribution in [0.1, 0.15) is 26.2 Å². The molecular formula is C5H14P+. The average molecular weight is 105 g/mol. The van der Waals surface area contributed by atoms with Gasteiger partial charge in [0.05, 0.1) is 6.16 Å². The molecule has 0 nitrogen and oxygen atoms in total. The zero-order chi connectivity index (χ0) is 4.83. The Bertz CT molecular complexity index is 15.9. The summed E-state index contributed by atoms with van der Waals surface area (Å²) >= 11 is 0. The monoisotopic (exact) mass is 105 g/mol. The second-order valence-corrected chi connectivity index (χ2v) is 2.27. The van der Waals surface area contributed by atoms with Crippen LogP contribution in [-0.2, 0) is 0 Å². The van der Waals surface area contributed by atoms with Crippen molar-refractivity contribution >= 4 is 9.24 Å². The molecule has 0 saturated carbocycles. The number of hydrogen-bond acceptors (Lipinski definition) is 0. The van der Waals surface area contributed by atoms with E-state index in [9.17, 15) is 0 Å². The first kappa shape index (κ1) is 6.43. The highest BCUT2D eigenvalue weighted by Crippen LogP contribution is 1.95. The summed E-state index contributed by atoms with van der Waals surface area (Å²) in [4.78, 5) is 0. The van der Waals surface area contributed by atoms with Crippen molar-refractivity contribution in [2.24, 2.45) is 0 Å². The predicted octanol–water partition coefficient (Wildman–Crippen LogP) is 1.78. The molecule has 0 bridgehead atoms. The topological polar surface area (TPSA) is 0 Å². The van der Waals surface area contributed by atoms with Crippen LogP contribution >= 0.6 is 9.24 Å². The van der Waals surface area contributed by atoms with Crippen molar-refractivity contribution in [3.8, 4) is 0 Å². The minimum absolute atomic E-state index is 1.36. The first-order chi connectivity index (χ1) is 2.91. The summed E-state index contributed by atoms with van der Waals surface area (Å²) in [7, 11) is 2.07. The number of unbranched alkanes of at least 4 members (excludes halogenated alkanes) is 2. The molecule has 38 valence electrons. The molecule has 0 fully saturated rings. The Morgan fingerprint density at radius 1 is 1.33 bits per heavy atom. The molecule has 1 heteroatoms. The van der Waals surface area contributed by atoms with Crippen LogP contribution in [0.5, 0.6) is 0 Å². The molecule has 0 aliphatic rings. The average Bonchev–Trinajstić information content (AvgIpc) is 1.61. The zero-order valence-corrected chi connectivity index (χ0v) is 5.95. The van der Waals surface area contributed by atoms with E-state index in [0.717, 1.165) is 0 Å². The first-order valence-electron chi connectivity index (χ1n) is 2.71. The van der Waals surface area contributed by atoms with Crippen LogP contribution in [0.3, 0.4) is 0 Å². The van der Waals surface area contributed by atoms with E-state index in [1.165, 1.54) is 25.4 Å². The van der Waals surface area contributed by atoms with Gasteiger partial charge in [0.15, 0.2) is 0 Å². The van der Waals surface area contributed by atoms with Gasteiger partial charge in [0.2, 0.25) is 0 Å². The summed E-state index contributed by atoms with van der Waals surface area (Å²) < 4.78 is 0. The van der Waals surface area contributed by atoms with E-state index < -0.39 is 0 Å². The summed E-state index contributed by atoms with van der Waals surface area (Å²) in [6.45, 7) is 2.23. The van der Waals surface area contributed by atoms with Gasteiger partial charge in [0.25, 0.3) is 0 Å². The van der Waals surface area contributed by atoms with Gasteiger partial charge in [-0.3, -0.25) is 0 Å². The minimum Gasteiger partial charge on any atom is -0.0654 e. The molecule has 1 atom stereocenters. The Balaban J connectivity index is 2.34. The maximum Gasteiger partial charge on any atom is 0.0526 e. The van der Waals surface area contributed by atoms with Gasteiger partial charge in [0.1, 0.15) is 0 Å². The van der Waals surface area contributed by atoms with Crippen molar-refractivity contribution in [3.63, 3.8) is 0 Å². The minimum atomic E-state index is 1.36. The Kier molecular flexibility index (Phi) is 5.82. The fourth-order valence-corrected chi connectivity index (χ4v) is 0.780. The summed E-state index contributed by atoms with van der Waals surface area (Å²) in [5, 5.41) is 0. The van der Waals surface area contributed by atoms with Gasteiger partial charge in [-0.2, -0.15) is 0 Å². The molecule has 0 heterocycles. The number of hydrogen-bond donors (Lipinski definition) is 0. The maximum atomic E-state index is 2.23. The van der Waals surface area contributed by atoms with Gasteiger partial charge < -0.3 is 0 Å². The lowest BCUT2D eigenvalue weighted by Gasteiger charge is -1.83. The van der Waals surface area contributed by atoms with Crippen LogP contribution in [0.25, 0.3) is 0 Å². The van der Waals surface area contributed by atoms with Crippen molar-refractivity contribution < 1.29 is 0 Å². The van der Waals surface area contributed by atoms with Crippen molar-refractivity contribution in [2.75, 3.05) is 6.16 Å². The Hall–Kier alpha value is 0.430. The summed E-state index contributed by atoms with van der Waals surface area (Å²) in [6, 6.07) is 0. The molecule has 0 aromatic carbocycles. The normalized spacial score (nSPS) is 9.50. The fourth-order valence-electron chi connectivity index (χ4n) is 0.427. The summed E-state index contributed by atoms with van der Waals surface area (Å²) in [5.74, 6) is 0. The van der Waals surface area contributed by atoms with Crippen molar-refractivity contribution in [3.05, 3.63) is 0 Å². The third kappa shape index (κ3) is 4.43. The van der Waals surface area contributed by atoms with Crippen LogP contribution in [0.2, 0.25) is 0 Å². The molecule has 0 saturated heterocycles. The van der Waals surface area contributed by atoms with Gasteiger partial charge in [-0.05, 0) is 15.7 Å². The highest BCUT2D eigenvalue weighted by atomic mass is 31.0. The van der Waals surface area contributed by atoms with Gasteiger partial charge in [-0.15, -0.1) is 0 Å². The maximum absolute atomic E-state index is 2.23. The molecule has 0 aromatic rings. The SMILES string of the molecule is CCCCC[PH3+]. The molecule has 6 heavy (non-hydrogen) atoms. The Labute approximate surface area is 42.5 Å². The van der Waals surface area contributed by atoms with Crippen molar-refractivity contribution in [1.82, 2.24) is 0 Å². The van der Waals surface area contributed by atoms with E-state index in [1.807, 2.05) is 0 Å². The van der Waals surface area contributed by atoms with E-state index in [1.54, 1.807) is 0 Å². The van der Waals surface area contributed by atoms with E-state index in [4.69, 9.17) is 0 Å². The largest absolute Gasteiger partial charge is 0.0654 e. The van der Waals surface area contributed by atoms with Gasteiger partial charge in [-0.1, -0.05) is 19.8 Å². The van der Waals surface area contributed by atoms with Gasteiger partial charge in [0, 0.05) is 0 Å². The zero-order valence-electron chi connectivity index (χ0n) is 4.54. The van der Waals surface area contributed by atoms with Crippen molar-refractivity contribution in [2.45, 2.75) is 26.2 Å². The molecule has 0 amide bonds. The quantitative estimate of drug-likeness (QED) is 0.379. The Morgan fingerprint density at radius 3 is 2.17 bits per heavy atom. The molecule has 0 spiro atoms. The summed E-state index contributed by atoms with van der Waals surface area (Å²) in [6.07, 6.45) is 5.59. The molecule has 1 unspecified atom stereocenters. The van der Waals surface area contributed by atoms with E-state index in [-0.39, 0.29) is 0 Å². The molecule has 0 aliphatic heterocycles. The van der Waals surface area contributed by atoms with Gasteiger partial charge >= 0.3 is 0 Å². The van der Waals surface area contributed by atoms with E-state index in [0.29, 0.717) is 0 Å². The molecule has 0 N–H and O–H groups in total. The van der Waals surface area contributed by atoms with Crippen molar-refractivity contribution in [1.29, 1.82) is 0 Å². The Morgan fingerprint density at radius 2 is 2.00 bits per heavy atom. The molecular weight excluding hydrogens is 91.0 g/mol. The summed E-state index contributed by atoms with van der Waals surface area (Å²) in [5.41, 5.74) is 0. The third-order valence-corrected chi connectivity index (χ3v) is 1.35. The molecule has 0 radical (unpaired) electrons. The molecule has 0 aromatic heterocycles.